The number of alkyl halides is 3. The molecule has 28 heavy (non-hydrogen) atoms. The van der Waals surface area contributed by atoms with Crippen LogP contribution in [-0.2, 0) is 21.0 Å². The van der Waals surface area contributed by atoms with Crippen LogP contribution in [0.2, 0.25) is 0 Å². The Morgan fingerprint density at radius 3 is 2.39 bits per heavy atom. The third kappa shape index (κ3) is 5.57. The molecule has 0 radical (unpaired) electrons. The molecule has 0 aromatic heterocycles. The summed E-state index contributed by atoms with van der Waals surface area (Å²) in [5.74, 6) is -0.646. The molecule has 150 valence electrons. The summed E-state index contributed by atoms with van der Waals surface area (Å²) in [6.07, 6.45) is -2.21. The van der Waals surface area contributed by atoms with Gasteiger partial charge in [-0.3, -0.25) is 4.79 Å². The highest BCUT2D eigenvalue weighted by atomic mass is 32.2. The highest BCUT2D eigenvalue weighted by molar-refractivity contribution is 7.89. The van der Waals surface area contributed by atoms with Crippen LogP contribution in [0.1, 0.15) is 11.1 Å². The first-order chi connectivity index (χ1) is 12.9. The van der Waals surface area contributed by atoms with Crippen LogP contribution >= 0.6 is 0 Å². The van der Waals surface area contributed by atoms with Crippen LogP contribution in [0.25, 0.3) is 6.08 Å². The summed E-state index contributed by atoms with van der Waals surface area (Å²) in [4.78, 5) is 13.7. The summed E-state index contributed by atoms with van der Waals surface area (Å²) >= 11 is 0. The molecule has 0 aliphatic carbocycles. The normalized spacial score (nSPS) is 12.2. The second-order valence-electron chi connectivity index (χ2n) is 6.06. The van der Waals surface area contributed by atoms with Gasteiger partial charge in [-0.2, -0.15) is 13.2 Å². The van der Waals surface area contributed by atoms with Crippen LogP contribution in [-0.4, -0.2) is 28.4 Å². The maximum atomic E-state index is 12.7. The number of anilines is 2. The predicted molar refractivity (Wildman–Crippen MR) is 101 cm³/mol. The summed E-state index contributed by atoms with van der Waals surface area (Å²) in [7, 11) is -0.583. The van der Waals surface area contributed by atoms with E-state index in [-0.39, 0.29) is 16.1 Å². The van der Waals surface area contributed by atoms with Gasteiger partial charge in [-0.25, -0.2) is 13.6 Å². The lowest BCUT2D eigenvalue weighted by atomic mass is 10.1. The lowest BCUT2D eigenvalue weighted by Gasteiger charge is -2.18. The Labute approximate surface area is 160 Å². The van der Waals surface area contributed by atoms with Crippen molar-refractivity contribution < 1.29 is 26.4 Å². The largest absolute Gasteiger partial charge is 0.416 e. The van der Waals surface area contributed by atoms with Crippen molar-refractivity contribution in [3.8, 4) is 0 Å². The third-order valence-electron chi connectivity index (χ3n) is 3.68. The Kier molecular flexibility index (Phi) is 6.15. The fourth-order valence-electron chi connectivity index (χ4n) is 2.35. The Morgan fingerprint density at radius 2 is 1.82 bits per heavy atom. The van der Waals surface area contributed by atoms with Crippen LogP contribution in [0.15, 0.2) is 53.4 Å². The van der Waals surface area contributed by atoms with E-state index in [9.17, 15) is 26.4 Å². The fourth-order valence-corrected chi connectivity index (χ4v) is 2.89. The molecule has 0 heterocycles. The van der Waals surface area contributed by atoms with E-state index in [1.807, 2.05) is 0 Å². The van der Waals surface area contributed by atoms with E-state index in [0.717, 1.165) is 18.2 Å². The molecule has 0 saturated carbocycles. The number of hydrogen-bond donors (Lipinski definition) is 2. The summed E-state index contributed by atoms with van der Waals surface area (Å²) in [6, 6.07) is 8.49. The Balaban J connectivity index is 2.26. The summed E-state index contributed by atoms with van der Waals surface area (Å²) < 4.78 is 61.3. The van der Waals surface area contributed by atoms with Crippen molar-refractivity contribution in [2.75, 3.05) is 24.3 Å². The number of rotatable bonds is 5. The minimum Gasteiger partial charge on any atom is -0.376 e. The molecule has 2 rings (SSSR count). The van der Waals surface area contributed by atoms with Crippen molar-refractivity contribution in [1.82, 2.24) is 0 Å². The average molecular weight is 413 g/mol. The molecule has 0 spiro atoms. The Morgan fingerprint density at radius 1 is 1.14 bits per heavy atom. The SMILES string of the molecule is CN(C)c1ccc(S(N)(=O)=O)cc1NC(=O)/C=C/c1cccc(C(F)(F)F)c1. The predicted octanol–water partition coefficient (Wildman–Crippen LogP) is 3.07. The van der Waals surface area contributed by atoms with E-state index in [0.29, 0.717) is 5.69 Å². The van der Waals surface area contributed by atoms with E-state index in [1.54, 1.807) is 19.0 Å². The number of carbonyl (C=O) groups excluding carboxylic acids is 1. The number of halogens is 3. The van der Waals surface area contributed by atoms with Gasteiger partial charge in [0.1, 0.15) is 0 Å². The number of primary sulfonamides is 1. The fraction of sp³-hybridized carbons (Fsp3) is 0.167. The Bertz CT molecular complexity index is 1020. The van der Waals surface area contributed by atoms with Gasteiger partial charge in [0.05, 0.1) is 21.8 Å². The minimum atomic E-state index is -4.49. The van der Waals surface area contributed by atoms with Crippen LogP contribution in [0.5, 0.6) is 0 Å². The molecule has 2 aromatic carbocycles. The van der Waals surface area contributed by atoms with Gasteiger partial charge in [0.2, 0.25) is 15.9 Å². The maximum absolute atomic E-state index is 12.7. The second kappa shape index (κ2) is 8.03. The highest BCUT2D eigenvalue weighted by Crippen LogP contribution is 2.30. The molecule has 2 aromatic rings. The van der Waals surface area contributed by atoms with Gasteiger partial charge >= 0.3 is 6.18 Å². The maximum Gasteiger partial charge on any atom is 0.416 e. The van der Waals surface area contributed by atoms with E-state index in [4.69, 9.17) is 5.14 Å². The second-order valence-corrected chi connectivity index (χ2v) is 7.63. The zero-order valence-electron chi connectivity index (χ0n) is 15.0. The molecule has 0 unspecified atom stereocenters. The van der Waals surface area contributed by atoms with Crippen LogP contribution in [0, 0.1) is 0 Å². The first kappa shape index (κ1) is 21.5. The van der Waals surface area contributed by atoms with Crippen molar-refractivity contribution in [2.24, 2.45) is 5.14 Å². The molecule has 0 fully saturated rings. The highest BCUT2D eigenvalue weighted by Gasteiger charge is 2.30. The topological polar surface area (TPSA) is 92.5 Å². The first-order valence-electron chi connectivity index (χ1n) is 7.88. The van der Waals surface area contributed by atoms with Gasteiger partial charge in [0.25, 0.3) is 0 Å². The zero-order valence-corrected chi connectivity index (χ0v) is 15.8. The van der Waals surface area contributed by atoms with Gasteiger partial charge < -0.3 is 10.2 Å². The number of amides is 1. The standard InChI is InChI=1S/C18H18F3N3O3S/c1-24(2)16-8-7-14(28(22,26)27)11-15(16)23-17(25)9-6-12-4-3-5-13(10-12)18(19,20)21/h3-11H,1-2H3,(H,23,25)(H2,22,26,27)/b9-6+. The molecular formula is C18H18F3N3O3S. The number of benzene rings is 2. The van der Waals surface area contributed by atoms with Gasteiger partial charge in [-0.05, 0) is 42.0 Å². The molecular weight excluding hydrogens is 395 g/mol. The zero-order chi connectivity index (χ0) is 21.1. The molecule has 10 heteroatoms. The van der Waals surface area contributed by atoms with Crippen molar-refractivity contribution >= 4 is 33.4 Å². The Hall–Kier alpha value is -2.85. The molecule has 0 aliphatic heterocycles. The van der Waals surface area contributed by atoms with Crippen molar-refractivity contribution in [2.45, 2.75) is 11.1 Å². The van der Waals surface area contributed by atoms with Crippen molar-refractivity contribution in [3.63, 3.8) is 0 Å². The quantitative estimate of drug-likeness (QED) is 0.737. The minimum absolute atomic E-state index is 0.185. The summed E-state index contributed by atoms with van der Waals surface area (Å²) in [5.41, 5.74) is 0.0744. The summed E-state index contributed by atoms with van der Waals surface area (Å²) in [5, 5.41) is 7.62. The monoisotopic (exact) mass is 413 g/mol. The lowest BCUT2D eigenvalue weighted by Crippen LogP contribution is -2.17. The molecule has 3 N–H and O–H groups in total. The smallest absolute Gasteiger partial charge is 0.376 e. The van der Waals surface area contributed by atoms with Crippen molar-refractivity contribution in [1.29, 1.82) is 0 Å². The van der Waals surface area contributed by atoms with E-state index in [1.165, 1.54) is 36.4 Å². The number of nitrogens with two attached hydrogens (primary N) is 1. The van der Waals surface area contributed by atoms with Crippen LogP contribution in [0.4, 0.5) is 24.5 Å². The summed E-state index contributed by atoms with van der Waals surface area (Å²) in [6.45, 7) is 0. The number of hydrogen-bond acceptors (Lipinski definition) is 4. The first-order valence-corrected chi connectivity index (χ1v) is 9.43. The number of carbonyl (C=O) groups is 1. The molecule has 0 bridgehead atoms. The van der Waals surface area contributed by atoms with Gasteiger partial charge in [-0.1, -0.05) is 12.1 Å². The molecule has 0 saturated heterocycles. The number of sulfonamides is 1. The van der Waals surface area contributed by atoms with Crippen LogP contribution < -0.4 is 15.4 Å². The van der Waals surface area contributed by atoms with Gasteiger partial charge in [-0.15, -0.1) is 0 Å². The van der Waals surface area contributed by atoms with E-state index in [2.05, 4.69) is 5.32 Å². The van der Waals surface area contributed by atoms with Crippen LogP contribution in [0.3, 0.4) is 0 Å². The lowest BCUT2D eigenvalue weighted by molar-refractivity contribution is -0.137. The van der Waals surface area contributed by atoms with E-state index >= 15 is 0 Å². The number of nitrogens with zero attached hydrogens (tertiary/aromatic N) is 1. The van der Waals surface area contributed by atoms with Gasteiger partial charge in [0, 0.05) is 20.2 Å². The molecule has 0 atom stereocenters. The molecule has 0 aliphatic rings. The van der Waals surface area contributed by atoms with E-state index < -0.39 is 27.7 Å². The number of nitrogens with one attached hydrogen (secondary N) is 1. The van der Waals surface area contributed by atoms with Crippen molar-refractivity contribution in [3.05, 3.63) is 59.7 Å². The molecule has 6 nitrogen and oxygen atoms in total. The average Bonchev–Trinajstić information content (AvgIpc) is 2.58. The third-order valence-corrected chi connectivity index (χ3v) is 4.59. The molecule has 1 amide bonds. The van der Waals surface area contributed by atoms with Gasteiger partial charge in [0.15, 0.2) is 0 Å².